The van der Waals surface area contributed by atoms with Gasteiger partial charge in [0.25, 0.3) is 0 Å². The first-order valence-electron chi connectivity index (χ1n) is 27.6. The van der Waals surface area contributed by atoms with Crippen molar-refractivity contribution in [3.8, 4) is 0 Å². The van der Waals surface area contributed by atoms with Crippen molar-refractivity contribution >= 4 is 11.9 Å². The lowest BCUT2D eigenvalue weighted by Crippen LogP contribution is -2.46. The molecule has 0 saturated heterocycles. The number of carbonyl (C=O) groups is 2. The lowest BCUT2D eigenvalue weighted by Gasteiger charge is -2.23. The van der Waals surface area contributed by atoms with Crippen molar-refractivity contribution in [2.75, 3.05) is 6.61 Å². The van der Waals surface area contributed by atoms with Gasteiger partial charge in [-0.15, -0.1) is 0 Å². The Morgan fingerprint density at radius 1 is 0.484 bits per heavy atom. The number of carbonyl (C=O) groups excluding carboxylic acids is 2. The highest BCUT2D eigenvalue weighted by Gasteiger charge is 2.23. The zero-order valence-electron chi connectivity index (χ0n) is 41.8. The topological polar surface area (TPSA) is 95.9 Å². The van der Waals surface area contributed by atoms with Crippen molar-refractivity contribution in [2.24, 2.45) is 0 Å². The number of aliphatic hydroxyl groups is 2. The van der Waals surface area contributed by atoms with Crippen LogP contribution in [-0.2, 0) is 14.3 Å². The van der Waals surface area contributed by atoms with E-state index in [2.05, 4.69) is 38.2 Å². The van der Waals surface area contributed by atoms with Crippen molar-refractivity contribution in [3.05, 3.63) is 24.3 Å². The number of nitrogens with one attached hydrogen (secondary N) is 1. The molecule has 0 aliphatic heterocycles. The smallest absolute Gasteiger partial charge is 0.306 e. The highest BCUT2D eigenvalue weighted by Crippen LogP contribution is 2.17. The number of amides is 1. The van der Waals surface area contributed by atoms with Crippen LogP contribution in [0.3, 0.4) is 0 Å². The van der Waals surface area contributed by atoms with E-state index in [0.29, 0.717) is 12.8 Å². The van der Waals surface area contributed by atoms with E-state index in [9.17, 15) is 19.8 Å². The van der Waals surface area contributed by atoms with Crippen molar-refractivity contribution in [1.82, 2.24) is 5.32 Å². The fourth-order valence-corrected chi connectivity index (χ4v) is 8.57. The second-order valence-corrected chi connectivity index (χ2v) is 19.0. The molecule has 0 aliphatic rings. The van der Waals surface area contributed by atoms with E-state index in [0.717, 1.165) is 51.4 Å². The number of rotatable bonds is 50. The molecule has 6 heteroatoms. The normalized spacial score (nSPS) is 13.3. The fraction of sp³-hybridized carbons (Fsp3) is 0.893. The Bertz CT molecular complexity index is 981. The molecule has 0 radical (unpaired) electrons. The average Bonchev–Trinajstić information content (AvgIpc) is 3.26. The van der Waals surface area contributed by atoms with Crippen LogP contribution in [0.1, 0.15) is 297 Å². The number of esters is 1. The van der Waals surface area contributed by atoms with Crippen molar-refractivity contribution in [2.45, 2.75) is 315 Å². The SMILES string of the molecule is CCCCCCCC/C=C\C/C=C/C(CC(=O)NC(CO)C(O)CCCCCCCCCCCCCCCC)OC(=O)CCCCCCCCCCCCCCCCCCCC. The first-order chi connectivity index (χ1) is 30.5. The summed E-state index contributed by atoms with van der Waals surface area (Å²) in [6.07, 6.45) is 58.5. The van der Waals surface area contributed by atoms with Crippen LogP contribution in [0.25, 0.3) is 0 Å². The Balaban J connectivity index is 4.50. The van der Waals surface area contributed by atoms with Crippen LogP contribution in [0.2, 0.25) is 0 Å². The standard InChI is InChI=1S/C56H107NO5/c1-4-7-10-13-16-19-22-24-26-27-28-29-31-34-37-40-43-46-49-56(61)62-52(47-44-41-38-35-32-21-18-15-12-9-6-3)50-55(60)57-53(51-58)54(59)48-45-42-39-36-33-30-25-23-20-17-14-11-8-5-2/h35,38,44,47,52-54,58-59H,4-34,36-37,39-43,45-46,48-51H2,1-3H3,(H,57,60)/b38-35-,47-44+. The molecule has 366 valence electrons. The molecule has 3 atom stereocenters. The zero-order chi connectivity index (χ0) is 45.2. The summed E-state index contributed by atoms with van der Waals surface area (Å²) in [5, 5.41) is 23.7. The van der Waals surface area contributed by atoms with Gasteiger partial charge in [0, 0.05) is 6.42 Å². The molecule has 0 aromatic rings. The first kappa shape index (κ1) is 60.3. The second-order valence-electron chi connectivity index (χ2n) is 19.0. The van der Waals surface area contributed by atoms with Gasteiger partial charge in [-0.1, -0.05) is 270 Å². The van der Waals surface area contributed by atoms with E-state index in [4.69, 9.17) is 4.74 Å². The molecule has 0 aliphatic carbocycles. The summed E-state index contributed by atoms with van der Waals surface area (Å²) in [4.78, 5) is 26.1. The minimum absolute atomic E-state index is 0.0229. The van der Waals surface area contributed by atoms with E-state index < -0.39 is 18.2 Å². The van der Waals surface area contributed by atoms with Crippen LogP contribution in [0.5, 0.6) is 0 Å². The third-order valence-electron chi connectivity index (χ3n) is 12.8. The number of unbranched alkanes of at least 4 members (excludes halogenated alkanes) is 36. The number of hydrogen-bond acceptors (Lipinski definition) is 5. The molecule has 0 saturated carbocycles. The highest BCUT2D eigenvalue weighted by atomic mass is 16.5. The van der Waals surface area contributed by atoms with Gasteiger partial charge in [-0.3, -0.25) is 9.59 Å². The van der Waals surface area contributed by atoms with Gasteiger partial charge in [-0.25, -0.2) is 0 Å². The molecule has 3 N–H and O–H groups in total. The summed E-state index contributed by atoms with van der Waals surface area (Å²) >= 11 is 0. The molecule has 0 spiro atoms. The Kier molecular flexibility index (Phi) is 49.0. The van der Waals surface area contributed by atoms with Gasteiger partial charge in [-0.2, -0.15) is 0 Å². The molecule has 0 fully saturated rings. The van der Waals surface area contributed by atoms with Crippen LogP contribution in [0.15, 0.2) is 24.3 Å². The minimum atomic E-state index is -0.806. The van der Waals surface area contributed by atoms with Crippen molar-refractivity contribution < 1.29 is 24.5 Å². The molecule has 62 heavy (non-hydrogen) atoms. The molecule has 0 aromatic heterocycles. The molecule has 3 unspecified atom stereocenters. The monoisotopic (exact) mass is 874 g/mol. The number of aliphatic hydroxyl groups excluding tert-OH is 2. The van der Waals surface area contributed by atoms with Gasteiger partial charge in [0.2, 0.25) is 5.91 Å². The van der Waals surface area contributed by atoms with E-state index in [-0.39, 0.29) is 24.9 Å². The van der Waals surface area contributed by atoms with Crippen molar-refractivity contribution in [1.29, 1.82) is 0 Å². The molecule has 1 amide bonds. The van der Waals surface area contributed by atoms with Crippen LogP contribution >= 0.6 is 0 Å². The Labute approximate surface area is 386 Å². The maximum absolute atomic E-state index is 13.2. The average molecular weight is 874 g/mol. The Morgan fingerprint density at radius 2 is 0.855 bits per heavy atom. The number of ether oxygens (including phenoxy) is 1. The van der Waals surface area contributed by atoms with Gasteiger partial charge in [0.05, 0.1) is 25.2 Å². The quantitative estimate of drug-likeness (QED) is 0.0321. The first-order valence-corrected chi connectivity index (χ1v) is 27.6. The van der Waals surface area contributed by atoms with E-state index >= 15 is 0 Å². The Hall–Kier alpha value is -1.66. The summed E-state index contributed by atoms with van der Waals surface area (Å²) < 4.78 is 5.84. The summed E-state index contributed by atoms with van der Waals surface area (Å²) in [7, 11) is 0. The predicted octanol–water partition coefficient (Wildman–Crippen LogP) is 16.7. The third-order valence-corrected chi connectivity index (χ3v) is 12.8. The number of allylic oxidation sites excluding steroid dienone is 3. The fourth-order valence-electron chi connectivity index (χ4n) is 8.57. The largest absolute Gasteiger partial charge is 0.458 e. The maximum atomic E-state index is 13.2. The highest BCUT2D eigenvalue weighted by molar-refractivity contribution is 5.78. The lowest BCUT2D eigenvalue weighted by molar-refractivity contribution is -0.148. The van der Waals surface area contributed by atoms with Gasteiger partial charge in [-0.05, 0) is 38.2 Å². The van der Waals surface area contributed by atoms with Gasteiger partial charge in [0.1, 0.15) is 6.10 Å². The van der Waals surface area contributed by atoms with E-state index in [1.165, 1.54) is 205 Å². The summed E-state index contributed by atoms with van der Waals surface area (Å²) in [6.45, 7) is 6.47. The summed E-state index contributed by atoms with van der Waals surface area (Å²) in [5.41, 5.74) is 0. The maximum Gasteiger partial charge on any atom is 0.306 e. The lowest BCUT2D eigenvalue weighted by atomic mass is 10.0. The second kappa shape index (κ2) is 50.3. The van der Waals surface area contributed by atoms with E-state index in [1.54, 1.807) is 0 Å². The van der Waals surface area contributed by atoms with Gasteiger partial charge in [0.15, 0.2) is 0 Å². The molecule has 0 rings (SSSR count). The Morgan fingerprint density at radius 3 is 1.26 bits per heavy atom. The summed E-state index contributed by atoms with van der Waals surface area (Å²) in [6, 6.07) is -0.727. The van der Waals surface area contributed by atoms with Gasteiger partial charge < -0.3 is 20.3 Å². The molecule has 0 heterocycles. The van der Waals surface area contributed by atoms with Crippen molar-refractivity contribution in [3.63, 3.8) is 0 Å². The minimum Gasteiger partial charge on any atom is -0.458 e. The van der Waals surface area contributed by atoms with Crippen LogP contribution in [0.4, 0.5) is 0 Å². The molecule has 0 bridgehead atoms. The van der Waals surface area contributed by atoms with Gasteiger partial charge >= 0.3 is 5.97 Å². The molecular weight excluding hydrogens is 767 g/mol. The van der Waals surface area contributed by atoms with E-state index in [1.807, 2.05) is 12.2 Å². The predicted molar refractivity (Wildman–Crippen MR) is 269 cm³/mol. The third kappa shape index (κ3) is 44.9. The molecule has 0 aromatic carbocycles. The zero-order valence-corrected chi connectivity index (χ0v) is 41.8. The van der Waals surface area contributed by atoms with Crippen LogP contribution < -0.4 is 5.32 Å². The van der Waals surface area contributed by atoms with Crippen LogP contribution in [0, 0.1) is 0 Å². The molecule has 6 nitrogen and oxygen atoms in total. The van der Waals surface area contributed by atoms with Crippen LogP contribution in [-0.4, -0.2) is 46.9 Å². The molecular formula is C56H107NO5. The number of hydrogen-bond donors (Lipinski definition) is 3. The summed E-state index contributed by atoms with van der Waals surface area (Å²) in [5.74, 6) is -0.586.